The molecule has 1 amide bonds. The first-order valence-corrected chi connectivity index (χ1v) is 6.94. The molecule has 1 heterocycles. The second-order valence-corrected chi connectivity index (χ2v) is 5.34. The second-order valence-electron chi connectivity index (χ2n) is 4.90. The van der Waals surface area contributed by atoms with E-state index in [-0.39, 0.29) is 34.8 Å². The number of carbonyl (C=O) groups excluding carboxylic acids is 1. The number of rotatable bonds is 6. The van der Waals surface area contributed by atoms with E-state index in [0.29, 0.717) is 12.5 Å². The van der Waals surface area contributed by atoms with E-state index in [4.69, 9.17) is 16.3 Å². The molecule has 1 aromatic carbocycles. The summed E-state index contributed by atoms with van der Waals surface area (Å²) in [5.74, 6) is 0.162. The number of nitrogens with zero attached hydrogens (tertiary/aromatic N) is 1. The number of ether oxygens (including phenoxy) is 1. The topological polar surface area (TPSA) is 93.5 Å². The van der Waals surface area contributed by atoms with Gasteiger partial charge in [0.15, 0.2) is 11.9 Å². The standard InChI is InChI=1S/C13H16ClN3O4.ClH/c1-8(13(18)16-7-9-5-15-6-9)21-12-3-2-10(14)4-11(12)17(19)20;/h2-4,8-9,15H,5-7H2,1H3,(H,16,18);1H. The molecule has 2 N–H and O–H groups in total. The Morgan fingerprint density at radius 2 is 2.27 bits per heavy atom. The maximum absolute atomic E-state index is 11.9. The number of benzene rings is 1. The van der Waals surface area contributed by atoms with Crippen LogP contribution in [0, 0.1) is 16.0 Å². The maximum atomic E-state index is 11.9. The Balaban J connectivity index is 0.00000242. The van der Waals surface area contributed by atoms with Crippen molar-refractivity contribution in [2.24, 2.45) is 5.92 Å². The Morgan fingerprint density at radius 3 is 2.82 bits per heavy atom. The van der Waals surface area contributed by atoms with Crippen molar-refractivity contribution in [1.29, 1.82) is 0 Å². The lowest BCUT2D eigenvalue weighted by molar-refractivity contribution is -0.386. The first-order valence-electron chi connectivity index (χ1n) is 6.56. The van der Waals surface area contributed by atoms with Crippen LogP contribution in [0.15, 0.2) is 18.2 Å². The normalized spacial score (nSPS) is 15.2. The predicted octanol–water partition coefficient (Wildman–Crippen LogP) is 1.77. The molecule has 1 fully saturated rings. The van der Waals surface area contributed by atoms with E-state index in [1.807, 2.05) is 0 Å². The molecule has 122 valence electrons. The first-order chi connectivity index (χ1) is 9.97. The molecule has 0 saturated carbocycles. The van der Waals surface area contributed by atoms with Crippen LogP contribution in [0.2, 0.25) is 5.02 Å². The number of nitro benzene ring substituents is 1. The van der Waals surface area contributed by atoms with E-state index in [1.165, 1.54) is 18.2 Å². The minimum absolute atomic E-state index is 0. The van der Waals surface area contributed by atoms with Gasteiger partial charge in [-0.15, -0.1) is 12.4 Å². The third-order valence-corrected chi connectivity index (χ3v) is 3.46. The van der Waals surface area contributed by atoms with Gasteiger partial charge in [0.1, 0.15) is 0 Å². The summed E-state index contributed by atoms with van der Waals surface area (Å²) in [5.41, 5.74) is -0.259. The largest absolute Gasteiger partial charge is 0.474 e. The Labute approximate surface area is 138 Å². The van der Waals surface area contributed by atoms with Crippen LogP contribution in [0.4, 0.5) is 5.69 Å². The third kappa shape index (κ3) is 4.72. The van der Waals surface area contributed by atoms with Crippen LogP contribution in [-0.4, -0.2) is 36.6 Å². The van der Waals surface area contributed by atoms with Gasteiger partial charge in [0.2, 0.25) is 0 Å². The fourth-order valence-corrected chi connectivity index (χ4v) is 2.02. The summed E-state index contributed by atoms with van der Waals surface area (Å²) < 4.78 is 5.38. The van der Waals surface area contributed by atoms with Gasteiger partial charge < -0.3 is 15.4 Å². The molecule has 7 nitrogen and oxygen atoms in total. The fourth-order valence-electron chi connectivity index (χ4n) is 1.86. The molecule has 1 atom stereocenters. The third-order valence-electron chi connectivity index (χ3n) is 3.22. The summed E-state index contributed by atoms with van der Waals surface area (Å²) in [4.78, 5) is 22.2. The van der Waals surface area contributed by atoms with Crippen molar-refractivity contribution in [2.75, 3.05) is 19.6 Å². The van der Waals surface area contributed by atoms with Crippen LogP contribution in [0.1, 0.15) is 6.92 Å². The molecule has 1 aliphatic heterocycles. The number of nitro groups is 1. The average Bonchev–Trinajstić information content (AvgIpc) is 2.38. The number of amides is 1. The number of hydrogen-bond donors (Lipinski definition) is 2. The first kappa shape index (κ1) is 18.5. The zero-order valence-electron chi connectivity index (χ0n) is 11.9. The maximum Gasteiger partial charge on any atom is 0.312 e. The van der Waals surface area contributed by atoms with E-state index in [2.05, 4.69) is 10.6 Å². The van der Waals surface area contributed by atoms with Crippen molar-refractivity contribution in [2.45, 2.75) is 13.0 Å². The zero-order chi connectivity index (χ0) is 15.4. The van der Waals surface area contributed by atoms with Crippen molar-refractivity contribution in [3.05, 3.63) is 33.3 Å². The van der Waals surface area contributed by atoms with Gasteiger partial charge in [0, 0.05) is 36.6 Å². The van der Waals surface area contributed by atoms with Crippen molar-refractivity contribution in [1.82, 2.24) is 10.6 Å². The smallest absolute Gasteiger partial charge is 0.312 e. The highest BCUT2D eigenvalue weighted by Gasteiger charge is 2.23. The van der Waals surface area contributed by atoms with Gasteiger partial charge >= 0.3 is 5.69 Å². The molecule has 0 aromatic heterocycles. The Hall–Kier alpha value is -1.57. The highest BCUT2D eigenvalue weighted by molar-refractivity contribution is 6.30. The number of halogens is 2. The molecule has 0 aliphatic carbocycles. The highest BCUT2D eigenvalue weighted by atomic mass is 35.5. The monoisotopic (exact) mass is 349 g/mol. The summed E-state index contributed by atoms with van der Waals surface area (Å²) >= 11 is 5.72. The summed E-state index contributed by atoms with van der Waals surface area (Å²) in [6, 6.07) is 4.07. The molecule has 1 saturated heterocycles. The van der Waals surface area contributed by atoms with E-state index in [1.54, 1.807) is 6.92 Å². The van der Waals surface area contributed by atoms with Crippen LogP contribution in [0.5, 0.6) is 5.75 Å². The lowest BCUT2D eigenvalue weighted by Crippen LogP contribution is -2.49. The number of nitrogens with one attached hydrogen (secondary N) is 2. The molecule has 9 heteroatoms. The molecule has 1 unspecified atom stereocenters. The van der Waals surface area contributed by atoms with Gasteiger partial charge in [-0.2, -0.15) is 0 Å². The molecule has 22 heavy (non-hydrogen) atoms. The average molecular weight is 350 g/mol. The zero-order valence-corrected chi connectivity index (χ0v) is 13.4. The van der Waals surface area contributed by atoms with E-state index in [9.17, 15) is 14.9 Å². The summed E-state index contributed by atoms with van der Waals surface area (Å²) in [6.45, 7) is 3.89. The summed E-state index contributed by atoms with van der Waals surface area (Å²) in [5, 5.41) is 17.1. The second kappa shape index (κ2) is 8.17. The van der Waals surface area contributed by atoms with E-state index < -0.39 is 11.0 Å². The van der Waals surface area contributed by atoms with Crippen molar-refractivity contribution >= 4 is 35.6 Å². The lowest BCUT2D eigenvalue weighted by atomic mass is 10.0. The van der Waals surface area contributed by atoms with Crippen LogP contribution < -0.4 is 15.4 Å². The molecule has 2 rings (SSSR count). The van der Waals surface area contributed by atoms with Crippen LogP contribution >= 0.6 is 24.0 Å². The van der Waals surface area contributed by atoms with Crippen LogP contribution in [0.25, 0.3) is 0 Å². The van der Waals surface area contributed by atoms with Gasteiger partial charge in [-0.3, -0.25) is 14.9 Å². The molecule has 0 spiro atoms. The summed E-state index contributed by atoms with van der Waals surface area (Å²) in [7, 11) is 0. The number of carbonyl (C=O) groups is 1. The van der Waals surface area contributed by atoms with Gasteiger partial charge in [0.25, 0.3) is 5.91 Å². The van der Waals surface area contributed by atoms with Gasteiger partial charge in [-0.1, -0.05) is 11.6 Å². The Kier molecular flexibility index (Phi) is 6.86. The molecule has 0 radical (unpaired) electrons. The minimum Gasteiger partial charge on any atom is -0.474 e. The van der Waals surface area contributed by atoms with E-state index in [0.717, 1.165) is 13.1 Å². The van der Waals surface area contributed by atoms with Gasteiger partial charge in [-0.25, -0.2) is 0 Å². The molecule has 0 bridgehead atoms. The van der Waals surface area contributed by atoms with Crippen molar-refractivity contribution < 1.29 is 14.5 Å². The van der Waals surface area contributed by atoms with Gasteiger partial charge in [-0.05, 0) is 19.1 Å². The molecular weight excluding hydrogens is 333 g/mol. The minimum atomic E-state index is -0.821. The Bertz CT molecular complexity index is 552. The molecule has 1 aliphatic rings. The summed E-state index contributed by atoms with van der Waals surface area (Å²) in [6.07, 6.45) is -0.821. The van der Waals surface area contributed by atoms with E-state index >= 15 is 0 Å². The quantitative estimate of drug-likeness (QED) is 0.603. The fraction of sp³-hybridized carbons (Fsp3) is 0.462. The van der Waals surface area contributed by atoms with Crippen LogP contribution in [-0.2, 0) is 4.79 Å². The van der Waals surface area contributed by atoms with Crippen molar-refractivity contribution in [3.63, 3.8) is 0 Å². The number of hydrogen-bond acceptors (Lipinski definition) is 5. The highest BCUT2D eigenvalue weighted by Crippen LogP contribution is 2.30. The predicted molar refractivity (Wildman–Crippen MR) is 84.8 cm³/mol. The lowest BCUT2D eigenvalue weighted by Gasteiger charge is -2.27. The van der Waals surface area contributed by atoms with Gasteiger partial charge in [0.05, 0.1) is 4.92 Å². The molecular formula is C13H17Cl2N3O4. The van der Waals surface area contributed by atoms with Crippen molar-refractivity contribution in [3.8, 4) is 5.75 Å². The molecule has 1 aromatic rings. The SMILES string of the molecule is CC(Oc1ccc(Cl)cc1[N+](=O)[O-])C(=O)NCC1CNC1.Cl. The van der Waals surface area contributed by atoms with Crippen LogP contribution in [0.3, 0.4) is 0 Å². The Morgan fingerprint density at radius 1 is 1.59 bits per heavy atom.